The fourth-order valence-corrected chi connectivity index (χ4v) is 1.39. The van der Waals surface area contributed by atoms with Crippen LogP contribution in [0.2, 0.25) is 0 Å². The number of ether oxygens (including phenoxy) is 1. The van der Waals surface area contributed by atoms with Gasteiger partial charge < -0.3 is 14.9 Å². The number of hydrogen-bond donors (Lipinski definition) is 2. The van der Waals surface area contributed by atoms with Crippen LogP contribution in [0.25, 0.3) is 0 Å². The number of benzene rings is 2. The van der Waals surface area contributed by atoms with Crippen LogP contribution in [-0.2, 0) is 0 Å². The fraction of sp³-hybridized carbons (Fsp3) is 0. The standard InChI is InChI=1S/C12H5F5O3/c13-4-1-6(15)12(7(16)2-4)20-8-3-5(14)10(18)9(17)11(8)19/h1-3,18-19H. The van der Waals surface area contributed by atoms with E-state index in [-0.39, 0.29) is 12.1 Å². The second-order valence-electron chi connectivity index (χ2n) is 3.67. The van der Waals surface area contributed by atoms with Crippen molar-refractivity contribution < 1.29 is 36.9 Å². The monoisotopic (exact) mass is 292 g/mol. The zero-order valence-electron chi connectivity index (χ0n) is 9.42. The Morgan fingerprint density at radius 1 is 0.750 bits per heavy atom. The maximum Gasteiger partial charge on any atom is 0.213 e. The zero-order chi connectivity index (χ0) is 15.0. The van der Waals surface area contributed by atoms with Crippen molar-refractivity contribution in [2.75, 3.05) is 0 Å². The first-order chi connectivity index (χ1) is 9.31. The Hall–Kier alpha value is -2.51. The lowest BCUT2D eigenvalue weighted by Crippen LogP contribution is -1.96. The van der Waals surface area contributed by atoms with Gasteiger partial charge in [-0.3, -0.25) is 0 Å². The van der Waals surface area contributed by atoms with Crippen molar-refractivity contribution in [1.82, 2.24) is 0 Å². The van der Waals surface area contributed by atoms with E-state index in [1.165, 1.54) is 0 Å². The van der Waals surface area contributed by atoms with E-state index >= 15 is 0 Å². The number of phenols is 2. The molecule has 0 saturated heterocycles. The van der Waals surface area contributed by atoms with E-state index in [2.05, 4.69) is 4.74 Å². The van der Waals surface area contributed by atoms with Crippen LogP contribution in [0.1, 0.15) is 0 Å². The fourth-order valence-electron chi connectivity index (χ4n) is 1.39. The van der Waals surface area contributed by atoms with E-state index in [1.54, 1.807) is 0 Å². The van der Waals surface area contributed by atoms with E-state index in [1.807, 2.05) is 0 Å². The molecule has 0 amide bonds. The number of aromatic hydroxyl groups is 2. The molecule has 0 radical (unpaired) electrons. The highest BCUT2D eigenvalue weighted by molar-refractivity contribution is 5.48. The lowest BCUT2D eigenvalue weighted by molar-refractivity contribution is 0.334. The minimum atomic E-state index is -1.76. The molecule has 0 aliphatic rings. The van der Waals surface area contributed by atoms with Crippen LogP contribution >= 0.6 is 0 Å². The van der Waals surface area contributed by atoms with Crippen molar-refractivity contribution in [3.63, 3.8) is 0 Å². The summed E-state index contributed by atoms with van der Waals surface area (Å²) in [6.45, 7) is 0. The Kier molecular flexibility index (Phi) is 3.39. The van der Waals surface area contributed by atoms with Crippen molar-refractivity contribution in [2.45, 2.75) is 0 Å². The van der Waals surface area contributed by atoms with Crippen LogP contribution in [0, 0.1) is 29.1 Å². The molecular weight excluding hydrogens is 287 g/mol. The van der Waals surface area contributed by atoms with Gasteiger partial charge in [0, 0.05) is 18.2 Å². The summed E-state index contributed by atoms with van der Waals surface area (Å²) in [5.74, 6) is -12.4. The van der Waals surface area contributed by atoms with Crippen LogP contribution in [0.15, 0.2) is 18.2 Å². The van der Waals surface area contributed by atoms with Gasteiger partial charge in [-0.15, -0.1) is 0 Å². The van der Waals surface area contributed by atoms with Gasteiger partial charge in [0.1, 0.15) is 5.82 Å². The molecular formula is C12H5F5O3. The van der Waals surface area contributed by atoms with E-state index in [9.17, 15) is 27.1 Å². The van der Waals surface area contributed by atoms with Crippen LogP contribution < -0.4 is 4.74 Å². The molecule has 106 valence electrons. The van der Waals surface area contributed by atoms with Crippen LogP contribution in [0.5, 0.6) is 23.0 Å². The first kappa shape index (κ1) is 13.9. The molecule has 0 aromatic heterocycles. The van der Waals surface area contributed by atoms with Crippen molar-refractivity contribution in [1.29, 1.82) is 0 Å². The number of phenolic OH excluding ortho intramolecular Hbond substituents is 2. The predicted octanol–water partition coefficient (Wildman–Crippen LogP) is 3.59. The van der Waals surface area contributed by atoms with Crippen molar-refractivity contribution in [3.05, 3.63) is 47.3 Å². The third-order valence-corrected chi connectivity index (χ3v) is 2.31. The Morgan fingerprint density at radius 2 is 1.30 bits per heavy atom. The molecule has 0 bridgehead atoms. The van der Waals surface area contributed by atoms with Gasteiger partial charge >= 0.3 is 0 Å². The van der Waals surface area contributed by atoms with Gasteiger partial charge in [-0.2, -0.15) is 4.39 Å². The normalized spacial score (nSPS) is 10.7. The molecule has 0 spiro atoms. The molecule has 3 nitrogen and oxygen atoms in total. The van der Waals surface area contributed by atoms with Gasteiger partial charge in [-0.05, 0) is 0 Å². The summed E-state index contributed by atoms with van der Waals surface area (Å²) in [5.41, 5.74) is 0. The Balaban J connectivity index is 2.51. The lowest BCUT2D eigenvalue weighted by Gasteiger charge is -2.11. The van der Waals surface area contributed by atoms with Crippen molar-refractivity contribution in [2.24, 2.45) is 0 Å². The quantitative estimate of drug-likeness (QED) is 0.832. The van der Waals surface area contributed by atoms with Gasteiger partial charge in [0.2, 0.25) is 5.82 Å². The minimum Gasteiger partial charge on any atom is -0.503 e. The van der Waals surface area contributed by atoms with E-state index < -0.39 is 52.1 Å². The summed E-state index contributed by atoms with van der Waals surface area (Å²) in [4.78, 5) is 0. The second kappa shape index (κ2) is 4.87. The molecule has 0 fully saturated rings. The summed E-state index contributed by atoms with van der Waals surface area (Å²) in [6, 6.07) is 0.876. The van der Waals surface area contributed by atoms with E-state index in [0.717, 1.165) is 0 Å². The highest BCUT2D eigenvalue weighted by atomic mass is 19.2. The Labute approximate surface area is 108 Å². The van der Waals surface area contributed by atoms with E-state index in [4.69, 9.17) is 5.11 Å². The topological polar surface area (TPSA) is 49.7 Å². The summed E-state index contributed by atoms with van der Waals surface area (Å²) >= 11 is 0. The largest absolute Gasteiger partial charge is 0.503 e. The molecule has 0 heterocycles. The molecule has 20 heavy (non-hydrogen) atoms. The molecule has 0 unspecified atom stereocenters. The Bertz CT molecular complexity index is 664. The van der Waals surface area contributed by atoms with Crippen molar-refractivity contribution in [3.8, 4) is 23.0 Å². The molecule has 2 aromatic carbocycles. The zero-order valence-corrected chi connectivity index (χ0v) is 9.42. The molecule has 2 rings (SSSR count). The van der Waals surface area contributed by atoms with E-state index in [0.29, 0.717) is 6.07 Å². The van der Waals surface area contributed by atoms with Crippen LogP contribution in [-0.4, -0.2) is 10.2 Å². The first-order valence-corrected chi connectivity index (χ1v) is 5.03. The molecule has 2 N–H and O–H groups in total. The molecule has 0 aliphatic carbocycles. The van der Waals surface area contributed by atoms with Crippen LogP contribution in [0.3, 0.4) is 0 Å². The van der Waals surface area contributed by atoms with Crippen molar-refractivity contribution >= 4 is 0 Å². The average molecular weight is 292 g/mol. The van der Waals surface area contributed by atoms with Gasteiger partial charge in [0.25, 0.3) is 0 Å². The second-order valence-corrected chi connectivity index (χ2v) is 3.67. The lowest BCUT2D eigenvalue weighted by atomic mass is 10.2. The van der Waals surface area contributed by atoms with Gasteiger partial charge in [-0.1, -0.05) is 0 Å². The first-order valence-electron chi connectivity index (χ1n) is 5.03. The molecule has 0 atom stereocenters. The predicted molar refractivity (Wildman–Crippen MR) is 56.1 cm³/mol. The smallest absolute Gasteiger partial charge is 0.213 e. The SMILES string of the molecule is Oc1c(F)cc(Oc2c(F)cc(F)cc2F)c(O)c1F. The third-order valence-electron chi connectivity index (χ3n) is 2.31. The molecule has 8 heteroatoms. The summed E-state index contributed by atoms with van der Waals surface area (Å²) in [6.07, 6.45) is 0. The maximum atomic E-state index is 13.3. The summed E-state index contributed by atoms with van der Waals surface area (Å²) in [5, 5.41) is 18.1. The summed E-state index contributed by atoms with van der Waals surface area (Å²) < 4.78 is 69.9. The molecule has 2 aromatic rings. The molecule has 0 aliphatic heterocycles. The Morgan fingerprint density at radius 3 is 1.85 bits per heavy atom. The third kappa shape index (κ3) is 2.31. The number of hydrogen-bond acceptors (Lipinski definition) is 3. The molecule has 0 saturated carbocycles. The number of halogens is 5. The average Bonchev–Trinajstić information content (AvgIpc) is 2.37. The van der Waals surface area contributed by atoms with Gasteiger partial charge in [0.15, 0.2) is 40.4 Å². The van der Waals surface area contributed by atoms with Crippen LogP contribution in [0.4, 0.5) is 22.0 Å². The van der Waals surface area contributed by atoms with Gasteiger partial charge in [0.05, 0.1) is 0 Å². The van der Waals surface area contributed by atoms with Gasteiger partial charge in [-0.25, -0.2) is 17.6 Å². The highest BCUT2D eigenvalue weighted by Crippen LogP contribution is 2.40. The minimum absolute atomic E-state index is 0.280. The summed E-state index contributed by atoms with van der Waals surface area (Å²) in [7, 11) is 0. The highest BCUT2D eigenvalue weighted by Gasteiger charge is 2.22. The number of rotatable bonds is 2. The maximum absolute atomic E-state index is 13.3.